The molecule has 4 aromatic rings. The Bertz CT molecular complexity index is 1410. The van der Waals surface area contributed by atoms with Crippen LogP contribution < -0.4 is 10.2 Å². The molecule has 0 amide bonds. The number of hydrogen-bond donors (Lipinski definition) is 1. The first-order chi connectivity index (χ1) is 16.8. The van der Waals surface area contributed by atoms with E-state index >= 15 is 0 Å². The number of benzene rings is 2. The molecule has 2 aromatic heterocycles. The number of halogens is 1. The summed E-state index contributed by atoms with van der Waals surface area (Å²) in [6, 6.07) is 14.0. The number of nitrogens with one attached hydrogen (secondary N) is 1. The summed E-state index contributed by atoms with van der Waals surface area (Å²) in [6.07, 6.45) is 1.60. The van der Waals surface area contributed by atoms with Crippen molar-refractivity contribution in [2.75, 3.05) is 23.3 Å². The topological polar surface area (TPSA) is 71.4 Å². The highest BCUT2D eigenvalue weighted by Gasteiger charge is 2.36. The summed E-state index contributed by atoms with van der Waals surface area (Å²) in [6.45, 7) is 15.5. The standard InChI is InChI=1S/C27H27ClN6O/c1-17-24(18(2)35-33-17)20-8-9-23-22(15-20)25(30-16-19-6-5-7-21(28)14-19)32-26(31-23)34-12-10-27(3,29-4)11-13-34/h5-9,14-15H,10-13,16H2,1-3H3,(H,30,31,32). The Morgan fingerprint density at radius 3 is 2.63 bits per heavy atom. The van der Waals surface area contributed by atoms with Gasteiger partial charge in [0.15, 0.2) is 0 Å². The largest absolute Gasteiger partial charge is 0.365 e. The van der Waals surface area contributed by atoms with Crippen molar-refractivity contribution in [1.82, 2.24) is 15.1 Å². The predicted octanol–water partition coefficient (Wildman–Crippen LogP) is 6.45. The minimum atomic E-state index is -0.301. The van der Waals surface area contributed by atoms with Gasteiger partial charge in [-0.05, 0) is 49.2 Å². The number of hydrogen-bond acceptors (Lipinski definition) is 6. The molecule has 1 aliphatic heterocycles. The van der Waals surface area contributed by atoms with E-state index in [2.05, 4.69) is 32.4 Å². The molecule has 0 aliphatic carbocycles. The van der Waals surface area contributed by atoms with Crippen LogP contribution in [0.1, 0.15) is 36.8 Å². The lowest BCUT2D eigenvalue weighted by Gasteiger charge is -2.32. The Morgan fingerprint density at radius 2 is 1.94 bits per heavy atom. The van der Waals surface area contributed by atoms with E-state index in [1.165, 1.54) is 0 Å². The molecule has 8 heteroatoms. The second-order valence-corrected chi connectivity index (χ2v) is 9.82. The van der Waals surface area contributed by atoms with Crippen molar-refractivity contribution >= 4 is 34.3 Å². The number of anilines is 2. The Balaban J connectivity index is 1.55. The van der Waals surface area contributed by atoms with E-state index in [0.29, 0.717) is 17.5 Å². The van der Waals surface area contributed by atoms with Crippen LogP contribution in [0.4, 0.5) is 11.8 Å². The second kappa shape index (κ2) is 9.20. The monoisotopic (exact) mass is 486 g/mol. The van der Waals surface area contributed by atoms with Gasteiger partial charge in [0.05, 0.1) is 11.2 Å². The van der Waals surface area contributed by atoms with E-state index in [9.17, 15) is 0 Å². The summed E-state index contributed by atoms with van der Waals surface area (Å²) in [7, 11) is 0. The predicted molar refractivity (Wildman–Crippen MR) is 140 cm³/mol. The number of piperidine rings is 1. The van der Waals surface area contributed by atoms with E-state index in [0.717, 1.165) is 70.8 Å². The Kier molecular flexibility index (Phi) is 6.08. The van der Waals surface area contributed by atoms with Gasteiger partial charge in [0, 0.05) is 55.4 Å². The van der Waals surface area contributed by atoms with Crippen molar-refractivity contribution in [1.29, 1.82) is 0 Å². The molecule has 178 valence electrons. The highest BCUT2D eigenvalue weighted by molar-refractivity contribution is 6.30. The Morgan fingerprint density at radius 1 is 1.14 bits per heavy atom. The van der Waals surface area contributed by atoms with Crippen LogP contribution in [0, 0.1) is 20.4 Å². The first-order valence-corrected chi connectivity index (χ1v) is 12.1. The van der Waals surface area contributed by atoms with Gasteiger partial charge >= 0.3 is 0 Å². The molecule has 0 atom stereocenters. The van der Waals surface area contributed by atoms with E-state index < -0.39 is 0 Å². The van der Waals surface area contributed by atoms with E-state index in [-0.39, 0.29) is 5.54 Å². The maximum Gasteiger partial charge on any atom is 0.233 e. The fraction of sp³-hybridized carbons (Fsp3) is 0.333. The van der Waals surface area contributed by atoms with Crippen molar-refractivity contribution in [2.24, 2.45) is 0 Å². The molecular formula is C27H27ClN6O. The van der Waals surface area contributed by atoms with Gasteiger partial charge in [0.25, 0.3) is 0 Å². The molecule has 0 spiro atoms. The summed E-state index contributed by atoms with van der Waals surface area (Å²) in [5.74, 6) is 2.23. The average Bonchev–Trinajstić information content (AvgIpc) is 3.20. The van der Waals surface area contributed by atoms with Crippen molar-refractivity contribution < 1.29 is 4.52 Å². The molecule has 1 N–H and O–H groups in total. The second-order valence-electron chi connectivity index (χ2n) is 9.38. The van der Waals surface area contributed by atoms with Crippen LogP contribution >= 0.6 is 11.6 Å². The zero-order valence-electron chi connectivity index (χ0n) is 20.1. The van der Waals surface area contributed by atoms with Gasteiger partial charge in [-0.2, -0.15) is 4.98 Å². The number of aryl methyl sites for hydroxylation is 2. The van der Waals surface area contributed by atoms with Crippen molar-refractivity contribution in [2.45, 2.75) is 45.7 Å². The summed E-state index contributed by atoms with van der Waals surface area (Å²) in [5.41, 5.74) is 4.48. The SMILES string of the molecule is [C-]#[N+]C1(C)CCN(c2nc(NCc3cccc(Cl)c3)c3cc(-c4c(C)noc4C)ccc3n2)CC1. The zero-order valence-corrected chi connectivity index (χ0v) is 20.9. The highest BCUT2D eigenvalue weighted by Crippen LogP contribution is 2.34. The third-order valence-corrected chi connectivity index (χ3v) is 6.98. The fourth-order valence-electron chi connectivity index (χ4n) is 4.58. The molecule has 1 aliphatic rings. The highest BCUT2D eigenvalue weighted by atomic mass is 35.5. The van der Waals surface area contributed by atoms with Gasteiger partial charge in [-0.1, -0.05) is 35.0 Å². The van der Waals surface area contributed by atoms with Crippen LogP contribution in [0.25, 0.3) is 26.9 Å². The Hall–Kier alpha value is -3.63. The molecule has 1 saturated heterocycles. The molecule has 2 aromatic carbocycles. The number of aromatic nitrogens is 3. The van der Waals surface area contributed by atoms with Crippen LogP contribution in [0.5, 0.6) is 0 Å². The van der Waals surface area contributed by atoms with Gasteiger partial charge in [-0.15, -0.1) is 0 Å². The van der Waals surface area contributed by atoms with Crippen LogP contribution in [0.2, 0.25) is 5.02 Å². The zero-order chi connectivity index (χ0) is 24.6. The molecule has 0 unspecified atom stereocenters. The van der Waals surface area contributed by atoms with Crippen molar-refractivity contribution in [3.8, 4) is 11.1 Å². The fourth-order valence-corrected chi connectivity index (χ4v) is 4.79. The van der Waals surface area contributed by atoms with E-state index in [1.54, 1.807) is 0 Å². The molecule has 3 heterocycles. The summed E-state index contributed by atoms with van der Waals surface area (Å²) in [4.78, 5) is 15.9. The molecule has 5 rings (SSSR count). The molecule has 0 bridgehead atoms. The van der Waals surface area contributed by atoms with Gasteiger partial charge in [0.2, 0.25) is 11.5 Å². The summed E-state index contributed by atoms with van der Waals surface area (Å²) in [5, 5.41) is 9.26. The van der Waals surface area contributed by atoms with Crippen LogP contribution in [0.15, 0.2) is 47.0 Å². The van der Waals surface area contributed by atoms with Gasteiger partial charge in [0.1, 0.15) is 11.6 Å². The van der Waals surface area contributed by atoms with Gasteiger partial charge < -0.3 is 19.6 Å². The van der Waals surface area contributed by atoms with Crippen LogP contribution in [-0.4, -0.2) is 33.8 Å². The molecule has 1 fully saturated rings. The number of fused-ring (bicyclic) bond motifs is 1. The lowest BCUT2D eigenvalue weighted by Crippen LogP contribution is -2.41. The molecule has 7 nitrogen and oxygen atoms in total. The maximum absolute atomic E-state index is 7.51. The molecule has 0 saturated carbocycles. The first-order valence-electron chi connectivity index (χ1n) is 11.7. The van der Waals surface area contributed by atoms with E-state index in [4.69, 9.17) is 32.7 Å². The van der Waals surface area contributed by atoms with Gasteiger partial charge in [-0.25, -0.2) is 11.6 Å². The Labute approximate surface area is 209 Å². The smallest absolute Gasteiger partial charge is 0.233 e. The first kappa shape index (κ1) is 23.1. The van der Waals surface area contributed by atoms with Crippen molar-refractivity contribution in [3.63, 3.8) is 0 Å². The minimum absolute atomic E-state index is 0.301. The third kappa shape index (κ3) is 4.67. The molecule has 0 radical (unpaired) electrons. The van der Waals surface area contributed by atoms with Crippen LogP contribution in [-0.2, 0) is 6.54 Å². The van der Waals surface area contributed by atoms with E-state index in [1.807, 2.05) is 51.1 Å². The summed E-state index contributed by atoms with van der Waals surface area (Å²) < 4.78 is 5.40. The number of nitrogens with zero attached hydrogens (tertiary/aromatic N) is 5. The maximum atomic E-state index is 7.51. The third-order valence-electron chi connectivity index (χ3n) is 6.75. The molecule has 35 heavy (non-hydrogen) atoms. The normalized spacial score (nSPS) is 15.2. The van der Waals surface area contributed by atoms with Gasteiger partial charge in [-0.3, -0.25) is 0 Å². The molecular weight excluding hydrogens is 460 g/mol. The average molecular weight is 487 g/mol. The lowest BCUT2D eigenvalue weighted by atomic mass is 9.91. The minimum Gasteiger partial charge on any atom is -0.365 e. The lowest BCUT2D eigenvalue weighted by molar-refractivity contribution is 0.393. The van der Waals surface area contributed by atoms with Crippen molar-refractivity contribution in [3.05, 3.63) is 75.9 Å². The summed E-state index contributed by atoms with van der Waals surface area (Å²) >= 11 is 6.19. The quantitative estimate of drug-likeness (QED) is 0.327. The number of rotatable bonds is 5. The van der Waals surface area contributed by atoms with Crippen LogP contribution in [0.3, 0.4) is 0 Å².